The highest BCUT2D eigenvalue weighted by Crippen LogP contribution is 2.23. The van der Waals surface area contributed by atoms with Crippen LogP contribution in [0.15, 0.2) is 52.7 Å². The molecule has 0 aliphatic carbocycles. The fourth-order valence-corrected chi connectivity index (χ4v) is 1.59. The highest BCUT2D eigenvalue weighted by molar-refractivity contribution is 7.79. The van der Waals surface area contributed by atoms with Gasteiger partial charge in [0.05, 0.1) is 11.4 Å². The molecule has 0 spiro atoms. The van der Waals surface area contributed by atoms with Crippen molar-refractivity contribution in [2.75, 3.05) is 5.73 Å². The molecule has 7 nitrogen and oxygen atoms in total. The summed E-state index contributed by atoms with van der Waals surface area (Å²) >= 11 is 0. The van der Waals surface area contributed by atoms with Crippen molar-refractivity contribution in [1.29, 1.82) is 0 Å². The Morgan fingerprint density at radius 1 is 1.00 bits per heavy atom. The van der Waals surface area contributed by atoms with Crippen molar-refractivity contribution >= 4 is 27.5 Å². The van der Waals surface area contributed by atoms with E-state index in [4.69, 9.17) is 23.3 Å². The standard InChI is InChI=1S/C14H15N3.H2O4S/c1-10-4-3-5-13(8-10)16-17-14-7-6-12(15)9-11(14)2;1-5(2,3)4/h3-9H,15H2,1-2H3;(H2,1,2,3,4). The Kier molecular flexibility index (Phi) is 6.17. The number of nitrogen functional groups attached to an aromatic ring is 1. The normalized spacial score (nSPS) is 11.1. The number of azo groups is 1. The van der Waals surface area contributed by atoms with Gasteiger partial charge in [-0.1, -0.05) is 12.1 Å². The largest absolute Gasteiger partial charge is 0.399 e. The predicted molar refractivity (Wildman–Crippen MR) is 85.1 cm³/mol. The molecule has 2 aromatic carbocycles. The van der Waals surface area contributed by atoms with Gasteiger partial charge in [-0.25, -0.2) is 0 Å². The quantitative estimate of drug-likeness (QED) is 0.442. The van der Waals surface area contributed by atoms with Crippen molar-refractivity contribution in [1.82, 2.24) is 0 Å². The number of nitrogens with zero attached hydrogens (tertiary/aromatic N) is 2. The zero-order valence-corrected chi connectivity index (χ0v) is 12.9. The summed E-state index contributed by atoms with van der Waals surface area (Å²) in [6.07, 6.45) is 0. The zero-order valence-electron chi connectivity index (χ0n) is 12.1. The van der Waals surface area contributed by atoms with Crippen LogP contribution in [0.2, 0.25) is 0 Å². The van der Waals surface area contributed by atoms with E-state index in [2.05, 4.69) is 10.2 Å². The van der Waals surface area contributed by atoms with Crippen LogP contribution in [0.1, 0.15) is 11.1 Å². The van der Waals surface area contributed by atoms with Crippen LogP contribution in [0.3, 0.4) is 0 Å². The van der Waals surface area contributed by atoms with Crippen LogP contribution in [0.5, 0.6) is 0 Å². The molecule has 0 saturated carbocycles. The van der Waals surface area contributed by atoms with Gasteiger partial charge in [0.1, 0.15) is 0 Å². The Morgan fingerprint density at radius 3 is 2.18 bits per heavy atom. The van der Waals surface area contributed by atoms with Crippen molar-refractivity contribution in [2.45, 2.75) is 13.8 Å². The molecule has 22 heavy (non-hydrogen) atoms. The van der Waals surface area contributed by atoms with Crippen LogP contribution < -0.4 is 5.73 Å². The predicted octanol–water partition coefficient (Wildman–Crippen LogP) is 3.65. The van der Waals surface area contributed by atoms with E-state index in [1.807, 2.05) is 56.3 Å². The molecule has 0 radical (unpaired) electrons. The van der Waals surface area contributed by atoms with Gasteiger partial charge in [-0.2, -0.15) is 18.6 Å². The van der Waals surface area contributed by atoms with Gasteiger partial charge in [-0.05, 0) is 55.3 Å². The van der Waals surface area contributed by atoms with Crippen LogP contribution in [0.25, 0.3) is 0 Å². The maximum atomic E-state index is 8.74. The zero-order chi connectivity index (χ0) is 16.8. The van der Waals surface area contributed by atoms with E-state index in [1.54, 1.807) is 0 Å². The fourth-order valence-electron chi connectivity index (χ4n) is 1.59. The molecule has 118 valence electrons. The van der Waals surface area contributed by atoms with Crippen molar-refractivity contribution in [2.24, 2.45) is 10.2 Å². The van der Waals surface area contributed by atoms with E-state index in [-0.39, 0.29) is 0 Å². The van der Waals surface area contributed by atoms with Gasteiger partial charge in [-0.3, -0.25) is 9.11 Å². The number of hydrogen-bond donors (Lipinski definition) is 3. The molecule has 0 aromatic heterocycles. The van der Waals surface area contributed by atoms with Crippen molar-refractivity contribution in [3.05, 3.63) is 53.6 Å². The highest BCUT2D eigenvalue weighted by Gasteiger charge is 1.97. The van der Waals surface area contributed by atoms with Crippen LogP contribution in [-0.4, -0.2) is 17.5 Å². The minimum atomic E-state index is -4.67. The molecule has 0 unspecified atom stereocenters. The number of hydrogen-bond acceptors (Lipinski definition) is 5. The Bertz CT molecular complexity index is 765. The third-order valence-electron chi connectivity index (χ3n) is 2.50. The van der Waals surface area contributed by atoms with Crippen LogP contribution in [-0.2, 0) is 10.4 Å². The SMILES string of the molecule is Cc1cccc(N=Nc2ccc(N)cc2C)c1.O=S(=O)(O)O. The lowest BCUT2D eigenvalue weighted by Crippen LogP contribution is -1.89. The van der Waals surface area contributed by atoms with E-state index in [0.29, 0.717) is 0 Å². The van der Waals surface area contributed by atoms with E-state index < -0.39 is 10.4 Å². The first kappa shape index (κ1) is 17.8. The van der Waals surface area contributed by atoms with Crippen LogP contribution >= 0.6 is 0 Å². The lowest BCUT2D eigenvalue weighted by molar-refractivity contribution is 0.381. The molecular formula is C14H17N3O4S. The van der Waals surface area contributed by atoms with Gasteiger partial charge < -0.3 is 5.73 Å². The molecule has 2 rings (SSSR count). The Labute approximate surface area is 129 Å². The van der Waals surface area contributed by atoms with E-state index in [9.17, 15) is 0 Å². The minimum absolute atomic E-state index is 0.747. The maximum absolute atomic E-state index is 8.74. The molecule has 0 aliphatic heterocycles. The summed E-state index contributed by atoms with van der Waals surface area (Å²) in [5, 5.41) is 8.44. The molecule has 0 saturated heterocycles. The van der Waals surface area contributed by atoms with Crippen molar-refractivity contribution < 1.29 is 17.5 Å². The summed E-state index contributed by atoms with van der Waals surface area (Å²) in [5.74, 6) is 0. The third-order valence-corrected chi connectivity index (χ3v) is 2.50. The molecule has 0 heterocycles. The second kappa shape index (κ2) is 7.64. The molecule has 4 N–H and O–H groups in total. The van der Waals surface area contributed by atoms with Gasteiger partial charge >= 0.3 is 10.4 Å². The Balaban J connectivity index is 0.000000422. The molecule has 2 aromatic rings. The summed E-state index contributed by atoms with van der Waals surface area (Å²) in [7, 11) is -4.67. The van der Waals surface area contributed by atoms with Gasteiger partial charge in [0, 0.05) is 5.69 Å². The number of nitrogens with two attached hydrogens (primary N) is 1. The van der Waals surface area contributed by atoms with Gasteiger partial charge in [0.15, 0.2) is 0 Å². The summed E-state index contributed by atoms with van der Waals surface area (Å²) in [6, 6.07) is 13.5. The van der Waals surface area contributed by atoms with Crippen LogP contribution in [0.4, 0.5) is 17.1 Å². The van der Waals surface area contributed by atoms with Gasteiger partial charge in [0.25, 0.3) is 0 Å². The summed E-state index contributed by atoms with van der Waals surface area (Å²) in [5.41, 5.74) is 10.3. The molecule has 0 amide bonds. The van der Waals surface area contributed by atoms with Crippen LogP contribution in [0, 0.1) is 13.8 Å². The van der Waals surface area contributed by atoms with E-state index in [0.717, 1.165) is 22.6 Å². The van der Waals surface area contributed by atoms with Crippen molar-refractivity contribution in [3.8, 4) is 0 Å². The number of benzene rings is 2. The maximum Gasteiger partial charge on any atom is 0.394 e. The lowest BCUT2D eigenvalue weighted by Gasteiger charge is -2.00. The van der Waals surface area contributed by atoms with E-state index >= 15 is 0 Å². The Morgan fingerprint density at radius 2 is 1.64 bits per heavy atom. The van der Waals surface area contributed by atoms with Gasteiger partial charge in [-0.15, -0.1) is 0 Å². The second-order valence-corrected chi connectivity index (χ2v) is 5.43. The smallest absolute Gasteiger partial charge is 0.394 e. The average molecular weight is 323 g/mol. The molecule has 0 fully saturated rings. The molecule has 0 bridgehead atoms. The average Bonchev–Trinajstić information content (AvgIpc) is 2.36. The number of anilines is 1. The summed E-state index contributed by atoms with van der Waals surface area (Å²) < 4.78 is 31.6. The second-order valence-electron chi connectivity index (χ2n) is 4.53. The summed E-state index contributed by atoms with van der Waals surface area (Å²) in [4.78, 5) is 0. The van der Waals surface area contributed by atoms with Crippen molar-refractivity contribution in [3.63, 3.8) is 0 Å². The first-order chi connectivity index (χ1) is 10.1. The Hall–Kier alpha value is -2.29. The molecular weight excluding hydrogens is 306 g/mol. The molecule has 0 atom stereocenters. The minimum Gasteiger partial charge on any atom is -0.399 e. The summed E-state index contributed by atoms with van der Waals surface area (Å²) in [6.45, 7) is 4.01. The lowest BCUT2D eigenvalue weighted by atomic mass is 10.2. The fraction of sp³-hybridized carbons (Fsp3) is 0.143. The highest BCUT2D eigenvalue weighted by atomic mass is 32.3. The first-order valence-corrected chi connectivity index (χ1v) is 7.59. The number of aryl methyl sites for hydroxylation is 2. The van der Waals surface area contributed by atoms with E-state index in [1.165, 1.54) is 5.56 Å². The molecule has 8 heteroatoms. The number of rotatable bonds is 2. The van der Waals surface area contributed by atoms with Gasteiger partial charge in [0.2, 0.25) is 0 Å². The monoisotopic (exact) mass is 323 g/mol. The molecule has 0 aliphatic rings. The third kappa shape index (κ3) is 7.48. The topological polar surface area (TPSA) is 125 Å². The first-order valence-electron chi connectivity index (χ1n) is 6.19.